The van der Waals surface area contributed by atoms with Gasteiger partial charge < -0.3 is 15.1 Å². The van der Waals surface area contributed by atoms with Crippen LogP contribution in [0.25, 0.3) is 0 Å². The summed E-state index contributed by atoms with van der Waals surface area (Å²) in [7, 11) is -3.72. The highest BCUT2D eigenvalue weighted by Gasteiger charge is 2.21. The molecule has 0 saturated carbocycles. The standard InChI is InChI=1S/C20H26ClN5O2S/c1-2-23-20(24-15-16-6-5-7-17(14-16)29(22,27)28)26-12-10-25(11-13-26)19-9-4-3-8-18(19)21/h3-9,14H,2,10-13,15H2,1H3,(H,23,24)(H2,22,27,28). The zero-order chi connectivity index (χ0) is 20.9. The highest BCUT2D eigenvalue weighted by atomic mass is 35.5. The first-order chi connectivity index (χ1) is 13.9. The Morgan fingerprint density at radius 2 is 1.86 bits per heavy atom. The molecule has 2 aromatic rings. The van der Waals surface area contributed by atoms with E-state index in [1.807, 2.05) is 37.3 Å². The number of para-hydroxylation sites is 1. The van der Waals surface area contributed by atoms with Gasteiger partial charge in [-0.3, -0.25) is 0 Å². The smallest absolute Gasteiger partial charge is 0.238 e. The van der Waals surface area contributed by atoms with Crippen molar-refractivity contribution < 1.29 is 8.42 Å². The molecule has 7 nitrogen and oxygen atoms in total. The average Bonchev–Trinajstić information content (AvgIpc) is 2.71. The number of nitrogens with one attached hydrogen (secondary N) is 1. The molecule has 0 atom stereocenters. The van der Waals surface area contributed by atoms with Crippen LogP contribution in [0.2, 0.25) is 5.02 Å². The third-order valence-electron chi connectivity index (χ3n) is 4.75. The van der Waals surface area contributed by atoms with E-state index in [4.69, 9.17) is 21.7 Å². The maximum absolute atomic E-state index is 11.6. The number of anilines is 1. The van der Waals surface area contributed by atoms with Gasteiger partial charge in [0.1, 0.15) is 0 Å². The molecular formula is C20H26ClN5O2S. The molecule has 156 valence electrons. The van der Waals surface area contributed by atoms with Gasteiger partial charge in [0, 0.05) is 32.7 Å². The van der Waals surface area contributed by atoms with Gasteiger partial charge in [-0.25, -0.2) is 18.5 Å². The molecule has 3 rings (SSSR count). The largest absolute Gasteiger partial charge is 0.367 e. The molecule has 3 N–H and O–H groups in total. The van der Waals surface area contributed by atoms with Crippen molar-refractivity contribution in [1.82, 2.24) is 10.2 Å². The van der Waals surface area contributed by atoms with Crippen LogP contribution in [-0.4, -0.2) is 52.0 Å². The molecular weight excluding hydrogens is 410 g/mol. The van der Waals surface area contributed by atoms with E-state index in [1.165, 1.54) is 6.07 Å². The van der Waals surface area contributed by atoms with Crippen molar-refractivity contribution in [3.8, 4) is 0 Å². The van der Waals surface area contributed by atoms with Gasteiger partial charge in [0.2, 0.25) is 10.0 Å². The molecule has 0 aromatic heterocycles. The van der Waals surface area contributed by atoms with Crippen molar-refractivity contribution >= 4 is 33.3 Å². The van der Waals surface area contributed by atoms with Gasteiger partial charge in [-0.2, -0.15) is 0 Å². The minimum atomic E-state index is -3.72. The SMILES string of the molecule is CCNC(=NCc1cccc(S(N)(=O)=O)c1)N1CCN(c2ccccc2Cl)CC1. The van der Waals surface area contributed by atoms with Gasteiger partial charge in [0.25, 0.3) is 0 Å². The second kappa shape index (κ2) is 9.47. The van der Waals surface area contributed by atoms with Crippen molar-refractivity contribution in [2.24, 2.45) is 10.1 Å². The molecule has 0 unspecified atom stereocenters. The fourth-order valence-corrected chi connectivity index (χ4v) is 4.12. The zero-order valence-electron chi connectivity index (χ0n) is 16.4. The molecule has 0 radical (unpaired) electrons. The van der Waals surface area contributed by atoms with Crippen LogP contribution in [0.15, 0.2) is 58.4 Å². The number of hydrogen-bond donors (Lipinski definition) is 2. The first-order valence-electron chi connectivity index (χ1n) is 9.53. The normalized spacial score (nSPS) is 15.5. The van der Waals surface area contributed by atoms with Gasteiger partial charge in [-0.05, 0) is 36.8 Å². The van der Waals surface area contributed by atoms with Crippen molar-refractivity contribution in [1.29, 1.82) is 0 Å². The number of halogens is 1. The summed E-state index contributed by atoms with van der Waals surface area (Å²) in [5.74, 6) is 0.812. The van der Waals surface area contributed by atoms with E-state index in [2.05, 4.69) is 15.1 Å². The second-order valence-electron chi connectivity index (χ2n) is 6.79. The molecule has 2 aromatic carbocycles. The summed E-state index contributed by atoms with van der Waals surface area (Å²) in [5.41, 5.74) is 1.84. The molecule has 0 bridgehead atoms. The Labute approximate surface area is 177 Å². The lowest BCUT2D eigenvalue weighted by Crippen LogP contribution is -2.52. The maximum Gasteiger partial charge on any atom is 0.238 e. The third-order valence-corrected chi connectivity index (χ3v) is 5.98. The highest BCUT2D eigenvalue weighted by molar-refractivity contribution is 7.89. The lowest BCUT2D eigenvalue weighted by Gasteiger charge is -2.38. The van der Waals surface area contributed by atoms with Crippen molar-refractivity contribution in [2.75, 3.05) is 37.6 Å². The summed E-state index contributed by atoms with van der Waals surface area (Å²) >= 11 is 6.33. The molecule has 1 fully saturated rings. The van der Waals surface area contributed by atoms with E-state index in [9.17, 15) is 8.42 Å². The minimum absolute atomic E-state index is 0.101. The van der Waals surface area contributed by atoms with E-state index < -0.39 is 10.0 Å². The number of nitrogens with zero attached hydrogens (tertiary/aromatic N) is 3. The lowest BCUT2D eigenvalue weighted by atomic mass is 10.2. The molecule has 0 spiro atoms. The minimum Gasteiger partial charge on any atom is -0.367 e. The van der Waals surface area contributed by atoms with Gasteiger partial charge in [0.15, 0.2) is 5.96 Å². The van der Waals surface area contributed by atoms with Gasteiger partial charge in [0.05, 0.1) is 22.2 Å². The Balaban J connectivity index is 1.68. The molecule has 29 heavy (non-hydrogen) atoms. The summed E-state index contributed by atoms with van der Waals surface area (Å²) in [5, 5.41) is 9.30. The monoisotopic (exact) mass is 435 g/mol. The number of piperazine rings is 1. The molecule has 1 aliphatic heterocycles. The third kappa shape index (κ3) is 5.62. The Hall–Kier alpha value is -2.29. The number of aliphatic imine (C=N–C) groups is 1. The predicted molar refractivity (Wildman–Crippen MR) is 118 cm³/mol. The fourth-order valence-electron chi connectivity index (χ4n) is 3.28. The number of hydrogen-bond acceptors (Lipinski definition) is 4. The summed E-state index contributed by atoms with van der Waals surface area (Å²) < 4.78 is 23.1. The quantitative estimate of drug-likeness (QED) is 0.555. The highest BCUT2D eigenvalue weighted by Crippen LogP contribution is 2.26. The van der Waals surface area contributed by atoms with E-state index in [-0.39, 0.29) is 4.90 Å². The molecule has 0 aliphatic carbocycles. The van der Waals surface area contributed by atoms with Crippen LogP contribution in [0.4, 0.5) is 5.69 Å². The van der Waals surface area contributed by atoms with Crippen LogP contribution in [-0.2, 0) is 16.6 Å². The second-order valence-corrected chi connectivity index (χ2v) is 8.76. The molecule has 1 heterocycles. The number of sulfonamides is 1. The average molecular weight is 436 g/mol. The van der Waals surface area contributed by atoms with Crippen molar-refractivity contribution in [3.05, 3.63) is 59.1 Å². The van der Waals surface area contributed by atoms with Crippen LogP contribution in [0.5, 0.6) is 0 Å². The van der Waals surface area contributed by atoms with Crippen LogP contribution in [0.1, 0.15) is 12.5 Å². The number of primary sulfonamides is 1. The fraction of sp³-hybridized carbons (Fsp3) is 0.350. The molecule has 0 amide bonds. The van der Waals surface area contributed by atoms with E-state index in [1.54, 1.807) is 12.1 Å². The van der Waals surface area contributed by atoms with E-state index >= 15 is 0 Å². The van der Waals surface area contributed by atoms with Crippen molar-refractivity contribution in [3.63, 3.8) is 0 Å². The van der Waals surface area contributed by atoms with E-state index in [0.29, 0.717) is 6.54 Å². The Kier molecular flexibility index (Phi) is 7.00. The predicted octanol–water partition coefficient (Wildman–Crippen LogP) is 2.28. The number of nitrogens with two attached hydrogens (primary N) is 1. The zero-order valence-corrected chi connectivity index (χ0v) is 18.0. The molecule has 1 saturated heterocycles. The first-order valence-corrected chi connectivity index (χ1v) is 11.5. The van der Waals surface area contributed by atoms with Crippen LogP contribution >= 0.6 is 11.6 Å². The van der Waals surface area contributed by atoms with Crippen LogP contribution in [0.3, 0.4) is 0 Å². The van der Waals surface area contributed by atoms with Gasteiger partial charge >= 0.3 is 0 Å². The first kappa shape index (κ1) is 21.4. The summed E-state index contributed by atoms with van der Waals surface area (Å²) in [6.45, 7) is 6.46. The molecule has 1 aliphatic rings. The number of benzene rings is 2. The molecule has 9 heteroatoms. The van der Waals surface area contributed by atoms with Gasteiger partial charge in [-0.15, -0.1) is 0 Å². The summed E-state index contributed by atoms with van der Waals surface area (Å²) in [6.07, 6.45) is 0. The number of rotatable bonds is 5. The van der Waals surface area contributed by atoms with Gasteiger partial charge in [-0.1, -0.05) is 35.9 Å². The lowest BCUT2D eigenvalue weighted by molar-refractivity contribution is 0.372. The Morgan fingerprint density at radius 3 is 2.52 bits per heavy atom. The Bertz CT molecular complexity index is 972. The topological polar surface area (TPSA) is 91.0 Å². The van der Waals surface area contributed by atoms with Crippen molar-refractivity contribution in [2.45, 2.75) is 18.4 Å². The summed E-state index contributed by atoms with van der Waals surface area (Å²) in [6, 6.07) is 14.5. The summed E-state index contributed by atoms with van der Waals surface area (Å²) in [4.78, 5) is 9.28. The maximum atomic E-state index is 11.6. The number of guanidine groups is 1. The van der Waals surface area contributed by atoms with Crippen LogP contribution < -0.4 is 15.4 Å². The van der Waals surface area contributed by atoms with Crippen LogP contribution in [0, 0.1) is 0 Å². The Morgan fingerprint density at radius 1 is 1.14 bits per heavy atom. The van der Waals surface area contributed by atoms with E-state index in [0.717, 1.165) is 55.0 Å².